The van der Waals surface area contributed by atoms with Gasteiger partial charge in [-0.05, 0) is 12.1 Å². The Labute approximate surface area is 106 Å². The van der Waals surface area contributed by atoms with E-state index in [1.165, 1.54) is 0 Å². The number of hydrogen-bond acceptors (Lipinski definition) is 5. The van der Waals surface area contributed by atoms with Crippen LogP contribution in [0.2, 0.25) is 0 Å². The molecule has 0 atom stereocenters. The summed E-state index contributed by atoms with van der Waals surface area (Å²) in [4.78, 5) is 2.02. The van der Waals surface area contributed by atoms with Gasteiger partial charge in [-0.1, -0.05) is 6.07 Å². The molecule has 0 saturated carbocycles. The summed E-state index contributed by atoms with van der Waals surface area (Å²) in [5.41, 5.74) is 1.39. The number of hydrogen-bond donors (Lipinski definition) is 0. The minimum absolute atomic E-state index is 0.576. The average molecular weight is 248 g/mol. The van der Waals surface area contributed by atoms with Crippen LogP contribution in [0, 0.1) is 11.3 Å². The third kappa shape index (κ3) is 1.90. The molecule has 5 heteroatoms. The molecule has 1 aliphatic rings. The zero-order valence-electron chi connectivity index (χ0n) is 10.8. The molecule has 0 aromatic heterocycles. The first-order valence-electron chi connectivity index (χ1n) is 5.62. The largest absolute Gasteiger partial charge is 0.495 e. The van der Waals surface area contributed by atoms with Gasteiger partial charge in [0, 0.05) is 14.2 Å². The van der Waals surface area contributed by atoms with Crippen LogP contribution in [0.15, 0.2) is 18.2 Å². The van der Waals surface area contributed by atoms with Crippen molar-refractivity contribution in [3.63, 3.8) is 0 Å². The molecular formula is C13H16N2O3. The molecule has 0 aliphatic carbocycles. The Balaban J connectivity index is 2.28. The van der Waals surface area contributed by atoms with Crippen molar-refractivity contribution in [3.8, 4) is 11.8 Å². The Kier molecular flexibility index (Phi) is 3.41. The standard InChI is InChI=1S/C13H16N2O3/c1-16-11-6-4-5-10(7-14)12(11)15-8-13(9-15,17-2)18-3/h4-6H,8-9H2,1-3H3. The van der Waals surface area contributed by atoms with E-state index in [1.807, 2.05) is 11.0 Å². The van der Waals surface area contributed by atoms with Gasteiger partial charge in [0.05, 0.1) is 31.5 Å². The smallest absolute Gasteiger partial charge is 0.203 e. The summed E-state index contributed by atoms with van der Waals surface area (Å²) in [5, 5.41) is 9.16. The van der Waals surface area contributed by atoms with Crippen molar-refractivity contribution in [1.29, 1.82) is 5.26 Å². The van der Waals surface area contributed by atoms with E-state index in [-0.39, 0.29) is 0 Å². The van der Waals surface area contributed by atoms with Crippen molar-refractivity contribution in [1.82, 2.24) is 0 Å². The molecule has 0 unspecified atom stereocenters. The number of nitriles is 1. The molecule has 1 heterocycles. The Morgan fingerprint density at radius 3 is 2.39 bits per heavy atom. The fourth-order valence-corrected chi connectivity index (χ4v) is 2.14. The second-order valence-electron chi connectivity index (χ2n) is 4.14. The van der Waals surface area contributed by atoms with Crippen LogP contribution in [0.4, 0.5) is 5.69 Å². The van der Waals surface area contributed by atoms with Crippen LogP contribution in [0.1, 0.15) is 5.56 Å². The number of para-hydroxylation sites is 1. The zero-order chi connectivity index (χ0) is 13.2. The summed E-state index contributed by atoms with van der Waals surface area (Å²) in [6, 6.07) is 7.60. The van der Waals surface area contributed by atoms with Gasteiger partial charge in [0.2, 0.25) is 5.79 Å². The molecule has 1 aromatic rings. The number of methoxy groups -OCH3 is 3. The average Bonchev–Trinajstić information content (AvgIpc) is 2.38. The number of rotatable bonds is 4. The maximum absolute atomic E-state index is 9.16. The van der Waals surface area contributed by atoms with E-state index in [0.29, 0.717) is 24.4 Å². The Morgan fingerprint density at radius 1 is 1.22 bits per heavy atom. The summed E-state index contributed by atoms with van der Waals surface area (Å²) < 4.78 is 16.0. The molecule has 0 radical (unpaired) electrons. The van der Waals surface area contributed by atoms with Crippen LogP contribution in [-0.2, 0) is 9.47 Å². The van der Waals surface area contributed by atoms with Crippen molar-refractivity contribution in [2.75, 3.05) is 39.3 Å². The highest BCUT2D eigenvalue weighted by atomic mass is 16.7. The third-order valence-corrected chi connectivity index (χ3v) is 3.26. The zero-order valence-corrected chi connectivity index (χ0v) is 10.8. The van der Waals surface area contributed by atoms with Crippen LogP contribution in [-0.4, -0.2) is 40.2 Å². The quantitative estimate of drug-likeness (QED) is 0.753. The lowest BCUT2D eigenvalue weighted by Crippen LogP contribution is -2.64. The van der Waals surface area contributed by atoms with Gasteiger partial charge in [-0.15, -0.1) is 0 Å². The molecule has 0 N–H and O–H groups in total. The van der Waals surface area contributed by atoms with Gasteiger partial charge in [-0.3, -0.25) is 0 Å². The van der Waals surface area contributed by atoms with Gasteiger partial charge in [0.1, 0.15) is 11.8 Å². The van der Waals surface area contributed by atoms with Crippen molar-refractivity contribution in [2.45, 2.75) is 5.79 Å². The molecule has 1 aromatic carbocycles. The molecule has 1 saturated heterocycles. The lowest BCUT2D eigenvalue weighted by atomic mass is 10.0. The molecule has 5 nitrogen and oxygen atoms in total. The minimum atomic E-state index is -0.576. The maximum Gasteiger partial charge on any atom is 0.203 e. The predicted molar refractivity (Wildman–Crippen MR) is 66.7 cm³/mol. The first-order valence-corrected chi connectivity index (χ1v) is 5.62. The van der Waals surface area contributed by atoms with Gasteiger partial charge in [-0.2, -0.15) is 5.26 Å². The van der Waals surface area contributed by atoms with Gasteiger partial charge >= 0.3 is 0 Å². The molecule has 0 spiro atoms. The summed E-state index contributed by atoms with van der Waals surface area (Å²) in [6.45, 7) is 1.16. The van der Waals surface area contributed by atoms with Crippen LogP contribution in [0.5, 0.6) is 5.75 Å². The predicted octanol–water partition coefficient (Wildman–Crippen LogP) is 1.38. The van der Waals surface area contributed by atoms with Crippen molar-refractivity contribution < 1.29 is 14.2 Å². The lowest BCUT2D eigenvalue weighted by Gasteiger charge is -2.49. The molecule has 1 fully saturated rings. The van der Waals surface area contributed by atoms with Crippen LogP contribution < -0.4 is 9.64 Å². The monoisotopic (exact) mass is 248 g/mol. The van der Waals surface area contributed by atoms with E-state index < -0.39 is 5.79 Å². The summed E-state index contributed by atoms with van der Waals surface area (Å²) in [7, 11) is 4.84. The fourth-order valence-electron chi connectivity index (χ4n) is 2.14. The van der Waals surface area contributed by atoms with E-state index in [2.05, 4.69) is 6.07 Å². The summed E-state index contributed by atoms with van der Waals surface area (Å²) >= 11 is 0. The molecule has 96 valence electrons. The second kappa shape index (κ2) is 4.84. The van der Waals surface area contributed by atoms with Gasteiger partial charge in [0.25, 0.3) is 0 Å². The SMILES string of the molecule is COc1cccc(C#N)c1N1CC(OC)(OC)C1. The minimum Gasteiger partial charge on any atom is -0.495 e. The molecular weight excluding hydrogens is 232 g/mol. The summed E-state index contributed by atoms with van der Waals surface area (Å²) in [5.74, 6) is 0.114. The number of anilines is 1. The van der Waals surface area contributed by atoms with E-state index in [4.69, 9.17) is 19.5 Å². The summed E-state index contributed by atoms with van der Waals surface area (Å²) in [6.07, 6.45) is 0. The van der Waals surface area contributed by atoms with Crippen LogP contribution in [0.3, 0.4) is 0 Å². The Hall–Kier alpha value is -1.77. The van der Waals surface area contributed by atoms with E-state index in [9.17, 15) is 0 Å². The maximum atomic E-state index is 9.16. The first kappa shape index (κ1) is 12.7. The van der Waals surface area contributed by atoms with E-state index in [0.717, 1.165) is 5.69 Å². The number of ether oxygens (including phenoxy) is 3. The molecule has 0 amide bonds. The highest BCUT2D eigenvalue weighted by Gasteiger charge is 2.45. The van der Waals surface area contributed by atoms with E-state index >= 15 is 0 Å². The number of nitrogens with zero attached hydrogens (tertiary/aromatic N) is 2. The number of benzene rings is 1. The highest BCUT2D eigenvalue weighted by molar-refractivity contribution is 5.69. The highest BCUT2D eigenvalue weighted by Crippen LogP contribution is 2.38. The van der Waals surface area contributed by atoms with Gasteiger partial charge in [0.15, 0.2) is 0 Å². The van der Waals surface area contributed by atoms with Gasteiger partial charge in [-0.25, -0.2) is 0 Å². The Bertz CT molecular complexity index is 470. The third-order valence-electron chi connectivity index (χ3n) is 3.26. The normalized spacial score (nSPS) is 16.9. The first-order chi connectivity index (χ1) is 8.69. The topological polar surface area (TPSA) is 54.7 Å². The molecule has 0 bridgehead atoms. The Morgan fingerprint density at radius 2 is 1.89 bits per heavy atom. The fraction of sp³-hybridized carbons (Fsp3) is 0.462. The van der Waals surface area contributed by atoms with Crippen molar-refractivity contribution in [3.05, 3.63) is 23.8 Å². The van der Waals surface area contributed by atoms with Crippen LogP contribution >= 0.6 is 0 Å². The molecule has 2 rings (SSSR count). The van der Waals surface area contributed by atoms with Gasteiger partial charge < -0.3 is 19.1 Å². The van der Waals surface area contributed by atoms with Crippen LogP contribution in [0.25, 0.3) is 0 Å². The molecule has 18 heavy (non-hydrogen) atoms. The van der Waals surface area contributed by atoms with Crippen molar-refractivity contribution >= 4 is 5.69 Å². The van der Waals surface area contributed by atoms with Crippen molar-refractivity contribution in [2.24, 2.45) is 0 Å². The second-order valence-corrected chi connectivity index (χ2v) is 4.14. The lowest BCUT2D eigenvalue weighted by molar-refractivity contribution is -0.219. The molecule has 1 aliphatic heterocycles. The van der Waals surface area contributed by atoms with E-state index in [1.54, 1.807) is 33.5 Å².